The second-order valence-electron chi connectivity index (χ2n) is 6.76. The van der Waals surface area contributed by atoms with Crippen LogP contribution < -0.4 is 9.80 Å². The number of Topliss-reactive ketones (excluding diaryl/α,β-unsaturated/α-hetero) is 1. The molecule has 0 unspecified atom stereocenters. The van der Waals surface area contributed by atoms with Gasteiger partial charge in [0.15, 0.2) is 10.9 Å². The van der Waals surface area contributed by atoms with E-state index < -0.39 is 0 Å². The Hall–Kier alpha value is -2.57. The van der Waals surface area contributed by atoms with Crippen LogP contribution in [0, 0.1) is 0 Å². The third-order valence-corrected chi connectivity index (χ3v) is 6.05. The van der Waals surface area contributed by atoms with E-state index >= 15 is 0 Å². The first-order valence-electron chi connectivity index (χ1n) is 9.65. The Kier molecular flexibility index (Phi) is 6.54. The number of rotatable bonds is 8. The summed E-state index contributed by atoms with van der Waals surface area (Å²) in [6.07, 6.45) is 0. The molecule has 1 N–H and O–H groups in total. The number of fused-ring (bicyclic) bond motifs is 1. The molecule has 2 aromatic carbocycles. The van der Waals surface area contributed by atoms with Gasteiger partial charge in [0.1, 0.15) is 0 Å². The maximum absolute atomic E-state index is 13.3. The molecule has 3 aromatic rings. The van der Waals surface area contributed by atoms with Crippen molar-refractivity contribution in [3.8, 4) is 0 Å². The molecule has 146 valence electrons. The van der Waals surface area contributed by atoms with Crippen molar-refractivity contribution >= 4 is 38.4 Å². The lowest BCUT2D eigenvalue weighted by Gasteiger charge is -2.23. The minimum Gasteiger partial charge on any atom is -0.334 e. The van der Waals surface area contributed by atoms with Gasteiger partial charge in [-0.15, -0.1) is 0 Å². The number of likely N-dealkylation sites (N-methyl/N-ethyl adjacent to an activating group) is 1. The van der Waals surface area contributed by atoms with Crippen LogP contribution >= 0.6 is 11.3 Å². The number of nitrogens with one attached hydrogen (secondary N) is 1. The summed E-state index contributed by atoms with van der Waals surface area (Å²) in [4.78, 5) is 32.7. The van der Waals surface area contributed by atoms with Crippen molar-refractivity contribution in [3.63, 3.8) is 0 Å². The lowest BCUT2D eigenvalue weighted by atomic mass is 10.1. The van der Waals surface area contributed by atoms with Crippen molar-refractivity contribution in [1.29, 1.82) is 0 Å². The van der Waals surface area contributed by atoms with Crippen LogP contribution in [0.3, 0.4) is 0 Å². The molecule has 0 bridgehead atoms. The Labute approximate surface area is 169 Å². The molecule has 0 saturated heterocycles. The number of para-hydroxylation sites is 1. The number of anilines is 1. The standard InChI is InChI=1S/C22H25N3O2S/c1-4-24(5-2)14-15-25(22-23-19-8-6-7-9-20(19)28-22)21(27)18-12-10-17(11-13-18)16(3)26/h6-13H,4-5,14-15H2,1-3H3/p+1. The summed E-state index contributed by atoms with van der Waals surface area (Å²) in [5.74, 6) is -0.0899. The molecule has 0 spiro atoms. The van der Waals surface area contributed by atoms with Crippen LogP contribution in [0.25, 0.3) is 10.2 Å². The topological polar surface area (TPSA) is 54.7 Å². The number of amides is 1. The van der Waals surface area contributed by atoms with Crippen LogP contribution in [0.1, 0.15) is 41.5 Å². The van der Waals surface area contributed by atoms with E-state index in [0.717, 1.165) is 29.9 Å². The highest BCUT2D eigenvalue weighted by Crippen LogP contribution is 2.29. The summed E-state index contributed by atoms with van der Waals surface area (Å²) in [7, 11) is 0. The quantitative estimate of drug-likeness (QED) is 0.596. The highest BCUT2D eigenvalue weighted by atomic mass is 32.1. The normalized spacial score (nSPS) is 11.1. The Bertz CT molecular complexity index is 928. The number of thiazole rings is 1. The van der Waals surface area contributed by atoms with E-state index in [2.05, 4.69) is 13.8 Å². The molecule has 1 heterocycles. The fraction of sp³-hybridized carbons (Fsp3) is 0.318. The number of ketones is 1. The Morgan fingerprint density at radius 1 is 1.00 bits per heavy atom. The van der Waals surface area contributed by atoms with Crippen molar-refractivity contribution in [1.82, 2.24) is 4.98 Å². The second-order valence-corrected chi connectivity index (χ2v) is 7.77. The highest BCUT2D eigenvalue weighted by Gasteiger charge is 2.23. The van der Waals surface area contributed by atoms with Crippen molar-refractivity contribution in [3.05, 3.63) is 59.7 Å². The number of hydrogen-bond donors (Lipinski definition) is 1. The molecule has 0 radical (unpaired) electrons. The molecule has 0 aliphatic carbocycles. The first kappa shape index (κ1) is 20.2. The Balaban J connectivity index is 1.92. The minimum absolute atomic E-state index is 0.00726. The number of aromatic nitrogens is 1. The first-order chi connectivity index (χ1) is 13.5. The van der Waals surface area contributed by atoms with Crippen LogP contribution in [-0.2, 0) is 0 Å². The lowest BCUT2D eigenvalue weighted by Crippen LogP contribution is -3.12. The predicted octanol–water partition coefficient (Wildman–Crippen LogP) is 3.07. The van der Waals surface area contributed by atoms with E-state index in [1.165, 1.54) is 23.2 Å². The van der Waals surface area contributed by atoms with Gasteiger partial charge in [-0.3, -0.25) is 14.5 Å². The highest BCUT2D eigenvalue weighted by molar-refractivity contribution is 7.22. The molecule has 3 rings (SSSR count). The molecule has 6 heteroatoms. The molecular formula is C22H26N3O2S+. The molecular weight excluding hydrogens is 370 g/mol. The summed E-state index contributed by atoms with van der Waals surface area (Å²) >= 11 is 1.53. The smallest absolute Gasteiger partial charge is 0.260 e. The van der Waals surface area contributed by atoms with Crippen LogP contribution in [0.15, 0.2) is 48.5 Å². The van der Waals surface area contributed by atoms with Gasteiger partial charge < -0.3 is 4.90 Å². The molecule has 1 aromatic heterocycles. The zero-order valence-corrected chi connectivity index (χ0v) is 17.4. The summed E-state index contributed by atoms with van der Waals surface area (Å²) in [6.45, 7) is 9.34. The van der Waals surface area contributed by atoms with Gasteiger partial charge in [-0.2, -0.15) is 0 Å². The zero-order chi connectivity index (χ0) is 20.1. The summed E-state index contributed by atoms with van der Waals surface area (Å²) in [5.41, 5.74) is 2.08. The van der Waals surface area contributed by atoms with Gasteiger partial charge in [0, 0.05) is 11.1 Å². The van der Waals surface area contributed by atoms with Gasteiger partial charge in [-0.05, 0) is 45.0 Å². The van der Waals surface area contributed by atoms with Crippen molar-refractivity contribution in [2.24, 2.45) is 0 Å². The molecule has 0 atom stereocenters. The fourth-order valence-electron chi connectivity index (χ4n) is 3.14. The summed E-state index contributed by atoms with van der Waals surface area (Å²) < 4.78 is 1.07. The number of nitrogens with zero attached hydrogens (tertiary/aromatic N) is 2. The minimum atomic E-state index is -0.0827. The van der Waals surface area contributed by atoms with E-state index in [1.54, 1.807) is 29.2 Å². The lowest BCUT2D eigenvalue weighted by molar-refractivity contribution is -0.894. The van der Waals surface area contributed by atoms with Crippen molar-refractivity contribution in [2.75, 3.05) is 31.1 Å². The van der Waals surface area contributed by atoms with Gasteiger partial charge in [0.2, 0.25) is 0 Å². The van der Waals surface area contributed by atoms with Gasteiger partial charge in [0.05, 0.1) is 36.4 Å². The number of carbonyl (C=O) groups excluding carboxylic acids is 2. The zero-order valence-electron chi connectivity index (χ0n) is 16.6. The van der Waals surface area contributed by atoms with E-state index in [-0.39, 0.29) is 11.7 Å². The molecule has 0 aliphatic rings. The maximum Gasteiger partial charge on any atom is 0.260 e. The monoisotopic (exact) mass is 396 g/mol. The number of benzene rings is 2. The summed E-state index contributed by atoms with van der Waals surface area (Å²) in [6, 6.07) is 14.8. The van der Waals surface area contributed by atoms with Gasteiger partial charge in [0.25, 0.3) is 5.91 Å². The maximum atomic E-state index is 13.3. The van der Waals surface area contributed by atoms with E-state index in [9.17, 15) is 9.59 Å². The predicted molar refractivity (Wildman–Crippen MR) is 115 cm³/mol. The van der Waals surface area contributed by atoms with Crippen LogP contribution in [0.5, 0.6) is 0 Å². The number of carbonyl (C=O) groups is 2. The van der Waals surface area contributed by atoms with Crippen LogP contribution in [0.2, 0.25) is 0 Å². The van der Waals surface area contributed by atoms with Crippen LogP contribution in [0.4, 0.5) is 5.13 Å². The van der Waals surface area contributed by atoms with Crippen molar-refractivity contribution < 1.29 is 14.5 Å². The largest absolute Gasteiger partial charge is 0.334 e. The number of hydrogen-bond acceptors (Lipinski definition) is 4. The molecule has 0 fully saturated rings. The molecule has 28 heavy (non-hydrogen) atoms. The third kappa shape index (κ3) is 4.46. The second kappa shape index (κ2) is 9.08. The average Bonchev–Trinajstić information content (AvgIpc) is 3.14. The fourth-order valence-corrected chi connectivity index (χ4v) is 4.13. The summed E-state index contributed by atoms with van der Waals surface area (Å²) in [5, 5.41) is 0.716. The molecule has 0 aliphatic heterocycles. The van der Waals surface area contributed by atoms with E-state index in [0.29, 0.717) is 22.8 Å². The molecule has 0 saturated carbocycles. The SMILES string of the molecule is CC[NH+](CC)CCN(C(=O)c1ccc(C(C)=O)cc1)c1nc2ccccc2s1. The molecule has 1 amide bonds. The van der Waals surface area contributed by atoms with E-state index in [1.807, 2.05) is 24.3 Å². The Morgan fingerprint density at radius 2 is 1.64 bits per heavy atom. The van der Waals surface area contributed by atoms with Crippen LogP contribution in [-0.4, -0.2) is 42.9 Å². The van der Waals surface area contributed by atoms with Gasteiger partial charge in [-0.25, -0.2) is 4.98 Å². The van der Waals surface area contributed by atoms with Crippen molar-refractivity contribution in [2.45, 2.75) is 20.8 Å². The number of quaternary nitrogens is 1. The molecule has 5 nitrogen and oxygen atoms in total. The third-order valence-electron chi connectivity index (χ3n) is 4.99. The average molecular weight is 397 g/mol. The Morgan fingerprint density at radius 3 is 2.25 bits per heavy atom. The van der Waals surface area contributed by atoms with Gasteiger partial charge in [-0.1, -0.05) is 35.6 Å². The first-order valence-corrected chi connectivity index (χ1v) is 10.5. The van der Waals surface area contributed by atoms with Gasteiger partial charge >= 0.3 is 0 Å². The van der Waals surface area contributed by atoms with E-state index in [4.69, 9.17) is 4.98 Å².